The van der Waals surface area contributed by atoms with Gasteiger partial charge in [0, 0.05) is 50.9 Å². The summed E-state index contributed by atoms with van der Waals surface area (Å²) < 4.78 is 0. The van der Waals surface area contributed by atoms with Crippen molar-refractivity contribution in [2.75, 3.05) is 59.4 Å². The lowest BCUT2D eigenvalue weighted by atomic mass is 10.0. The molecule has 4 rings (SSSR count). The first-order valence-corrected chi connectivity index (χ1v) is 25.9. The van der Waals surface area contributed by atoms with Crippen molar-refractivity contribution in [3.63, 3.8) is 0 Å². The van der Waals surface area contributed by atoms with E-state index in [4.69, 9.17) is 5.73 Å². The van der Waals surface area contributed by atoms with Crippen molar-refractivity contribution < 1.29 is 43.5 Å². The number of hydrazine groups is 2. The highest BCUT2D eigenvalue weighted by Crippen LogP contribution is 2.11. The lowest BCUT2D eigenvalue weighted by molar-refractivity contribution is -0.136. The van der Waals surface area contributed by atoms with Gasteiger partial charge in [0.1, 0.15) is 30.2 Å². The van der Waals surface area contributed by atoms with Crippen molar-refractivity contribution in [2.24, 2.45) is 5.73 Å². The fourth-order valence-electron chi connectivity index (χ4n) is 8.17. The second-order valence-electron chi connectivity index (χ2n) is 18.5. The number of aliphatic hydroxyl groups is 1. The van der Waals surface area contributed by atoms with E-state index < -0.39 is 83.6 Å². The van der Waals surface area contributed by atoms with Gasteiger partial charge >= 0.3 is 0 Å². The van der Waals surface area contributed by atoms with E-state index in [2.05, 4.69) is 58.1 Å². The van der Waals surface area contributed by atoms with Crippen LogP contribution < -0.4 is 53.9 Å². The Morgan fingerprint density at radius 2 is 1.34 bits per heavy atom. The molecule has 23 heteroatoms. The Morgan fingerprint density at radius 3 is 1.93 bits per heavy atom. The van der Waals surface area contributed by atoms with Gasteiger partial charge in [-0.2, -0.15) is 0 Å². The number of rotatable bonds is 34. The maximum Gasteiger partial charge on any atom is 0.253 e. The number of pyridine rings is 1. The summed E-state index contributed by atoms with van der Waals surface area (Å²) in [7, 11) is 1.85. The molecule has 414 valence electrons. The van der Waals surface area contributed by atoms with Crippen LogP contribution in [0.3, 0.4) is 0 Å². The van der Waals surface area contributed by atoms with Crippen molar-refractivity contribution in [3.8, 4) is 0 Å². The summed E-state index contributed by atoms with van der Waals surface area (Å²) in [6, 6.07) is 14.7. The number of carbonyl (C=O) groups excluding carboxylic acids is 8. The molecule has 0 bridgehead atoms. The van der Waals surface area contributed by atoms with Crippen LogP contribution in [0, 0.1) is 0 Å². The van der Waals surface area contributed by atoms with Crippen LogP contribution in [0.4, 0.5) is 0 Å². The van der Waals surface area contributed by atoms with Crippen LogP contribution in [-0.2, 0) is 46.4 Å². The number of hydrogen-bond donors (Lipinski definition) is 11. The standard InChI is InChI=1S/C53H78N14O9/c1-6-65(7-2)28-15-14-23-42(50(73)62-47(37(4)68)53(76)57-27-24-46(70)66(35-45(54)69)33-41-34-67(64-63-41)29-17-25-55-5)59-52(75)44(31-39-20-12-9-13-21-39)60-48(71)36(3)58-51(74)43(30-38-18-10-8-11-19-38)61-49(72)40-22-16-26-56-32-40/h8-13,16,18-22,26,32,34,36-37,42-44,47,55,63-64,68H,6-7,14-15,17,23-25,27-31,33,35H2,1-5H3,(H2,54,69)(H,57,76)(H,58,74)(H,59,75)(H,60,71)(H,61,72)(H,62,73)/t36-,37+,42-,43-,44-,47?/m0/s1. The first-order chi connectivity index (χ1) is 36.5. The molecule has 1 aliphatic heterocycles. The molecule has 0 fully saturated rings. The van der Waals surface area contributed by atoms with Crippen molar-refractivity contribution in [1.29, 1.82) is 0 Å². The average Bonchev–Trinajstić information content (AvgIpc) is 3.86. The lowest BCUT2D eigenvalue weighted by Gasteiger charge is -2.27. The van der Waals surface area contributed by atoms with E-state index >= 15 is 0 Å². The van der Waals surface area contributed by atoms with Crippen molar-refractivity contribution >= 4 is 47.3 Å². The molecule has 0 aliphatic carbocycles. The normalized spacial score (nSPS) is 14.4. The second-order valence-corrected chi connectivity index (χ2v) is 18.5. The van der Waals surface area contributed by atoms with Gasteiger partial charge in [-0.05, 0) is 96.0 Å². The van der Waals surface area contributed by atoms with Crippen LogP contribution >= 0.6 is 0 Å². The van der Waals surface area contributed by atoms with Crippen molar-refractivity contribution in [3.05, 3.63) is 114 Å². The summed E-state index contributed by atoms with van der Waals surface area (Å²) in [5, 5.41) is 31.9. The van der Waals surface area contributed by atoms with E-state index in [0.717, 1.165) is 38.2 Å². The zero-order valence-electron chi connectivity index (χ0n) is 44.3. The highest BCUT2D eigenvalue weighted by atomic mass is 16.3. The number of aliphatic hydroxyl groups excluding tert-OH is 1. The van der Waals surface area contributed by atoms with Crippen LogP contribution in [0.15, 0.2) is 97.1 Å². The number of nitrogens with zero attached hydrogens (tertiary/aromatic N) is 4. The zero-order valence-corrected chi connectivity index (χ0v) is 44.3. The van der Waals surface area contributed by atoms with E-state index in [1.165, 1.54) is 31.1 Å². The molecule has 8 amide bonds. The van der Waals surface area contributed by atoms with E-state index in [1.807, 2.05) is 27.0 Å². The van der Waals surface area contributed by atoms with Crippen LogP contribution in [0.25, 0.3) is 0 Å². The molecule has 2 aromatic carbocycles. The molecule has 6 atom stereocenters. The van der Waals surface area contributed by atoms with E-state index in [1.54, 1.807) is 77.9 Å². The summed E-state index contributed by atoms with van der Waals surface area (Å²) in [5.74, 6) is -5.47. The number of hydrogen-bond acceptors (Lipinski definition) is 15. The topological polar surface area (TPSA) is 314 Å². The third-order valence-electron chi connectivity index (χ3n) is 12.5. The van der Waals surface area contributed by atoms with Crippen LogP contribution in [0.1, 0.15) is 81.3 Å². The number of unbranched alkanes of at least 4 members (excludes halogenated alkanes) is 1. The van der Waals surface area contributed by atoms with Crippen molar-refractivity contribution in [1.82, 2.24) is 68.0 Å². The number of nitrogens with one attached hydrogen (secondary N) is 9. The fourth-order valence-corrected chi connectivity index (χ4v) is 8.17. The SMILES string of the molecule is CCN(CC)CCCC[C@H](NC(=O)[C@H](Cc1ccccc1)NC(=O)[C@H](C)NC(=O)[C@H](Cc1ccccc1)NC(=O)c1cccnc1)C(=O)NC(C(=O)NCCC(=O)N(CC(N)=O)CC1=CN(CCCNC)NN1)[C@@H](C)O. The van der Waals surface area contributed by atoms with E-state index in [0.29, 0.717) is 30.6 Å². The smallest absolute Gasteiger partial charge is 0.253 e. The number of carbonyl (C=O) groups is 8. The second kappa shape index (κ2) is 32.8. The molecule has 3 aromatic rings. The monoisotopic (exact) mass is 1050 g/mol. The molecule has 1 aliphatic rings. The van der Waals surface area contributed by atoms with E-state index in [-0.39, 0.29) is 50.9 Å². The van der Waals surface area contributed by atoms with Gasteiger partial charge in [-0.25, -0.2) is 0 Å². The van der Waals surface area contributed by atoms with Gasteiger partial charge in [0.25, 0.3) is 5.91 Å². The number of benzene rings is 2. The average molecular weight is 1060 g/mol. The molecule has 0 radical (unpaired) electrons. The van der Waals surface area contributed by atoms with Gasteiger partial charge in [0.05, 0.1) is 30.5 Å². The number of amides is 8. The highest BCUT2D eigenvalue weighted by molar-refractivity contribution is 5.99. The molecule has 1 unspecified atom stereocenters. The number of primary amides is 1. The maximum absolute atomic E-state index is 14.4. The van der Waals surface area contributed by atoms with Gasteiger partial charge in [-0.15, -0.1) is 5.53 Å². The van der Waals surface area contributed by atoms with Crippen LogP contribution in [-0.4, -0.2) is 168 Å². The fraction of sp³-hybridized carbons (Fsp3) is 0.491. The Hall–Kier alpha value is -7.47. The quantitative estimate of drug-likeness (QED) is 0.0324. The van der Waals surface area contributed by atoms with Gasteiger partial charge in [-0.3, -0.25) is 48.3 Å². The molecule has 12 N–H and O–H groups in total. The number of nitrogens with two attached hydrogens (primary N) is 1. The van der Waals surface area contributed by atoms with Gasteiger partial charge in [0.2, 0.25) is 41.4 Å². The number of aromatic nitrogens is 1. The third-order valence-corrected chi connectivity index (χ3v) is 12.5. The largest absolute Gasteiger partial charge is 0.391 e. The molecule has 0 spiro atoms. The first-order valence-electron chi connectivity index (χ1n) is 25.9. The molecular weight excluding hydrogens is 977 g/mol. The van der Waals surface area contributed by atoms with Crippen molar-refractivity contribution in [2.45, 2.75) is 109 Å². The Labute approximate surface area is 445 Å². The first kappa shape index (κ1) is 61.1. The Kier molecular flexibility index (Phi) is 26.3. The Bertz CT molecular complexity index is 2360. The summed E-state index contributed by atoms with van der Waals surface area (Å²) in [5.41, 5.74) is 13.7. The Morgan fingerprint density at radius 1 is 0.724 bits per heavy atom. The predicted molar refractivity (Wildman–Crippen MR) is 286 cm³/mol. The van der Waals surface area contributed by atoms with Crippen LogP contribution in [0.5, 0.6) is 0 Å². The van der Waals surface area contributed by atoms with Gasteiger partial charge < -0.3 is 63.3 Å². The highest BCUT2D eigenvalue weighted by Gasteiger charge is 2.33. The molecule has 0 saturated carbocycles. The summed E-state index contributed by atoms with van der Waals surface area (Å²) in [6.07, 6.45) is 5.18. The van der Waals surface area contributed by atoms with Gasteiger partial charge in [-0.1, -0.05) is 74.5 Å². The summed E-state index contributed by atoms with van der Waals surface area (Å²) >= 11 is 0. The molecule has 76 heavy (non-hydrogen) atoms. The maximum atomic E-state index is 14.4. The predicted octanol–water partition coefficient (Wildman–Crippen LogP) is -0.887. The summed E-state index contributed by atoms with van der Waals surface area (Å²) in [4.78, 5) is 116. The minimum atomic E-state index is -1.52. The lowest BCUT2D eigenvalue weighted by Crippen LogP contribution is -2.60. The molecular formula is C53H78N14O9. The minimum absolute atomic E-state index is 0.0120. The molecule has 0 saturated heterocycles. The van der Waals surface area contributed by atoms with Crippen LogP contribution in [0.2, 0.25) is 0 Å². The third kappa shape index (κ3) is 21.4. The molecule has 23 nitrogen and oxygen atoms in total. The molecule has 1 aromatic heterocycles. The molecule has 2 heterocycles. The zero-order chi connectivity index (χ0) is 55.4. The summed E-state index contributed by atoms with van der Waals surface area (Å²) in [6.45, 7) is 10.1. The Balaban J connectivity index is 1.47. The minimum Gasteiger partial charge on any atom is -0.391 e. The van der Waals surface area contributed by atoms with Gasteiger partial charge in [0.15, 0.2) is 0 Å². The van der Waals surface area contributed by atoms with E-state index in [9.17, 15) is 43.5 Å².